The molecule has 4 atom stereocenters. The first-order chi connectivity index (χ1) is 19.6. The summed E-state index contributed by atoms with van der Waals surface area (Å²) in [6.45, 7) is 0.0954. The topological polar surface area (TPSA) is 144 Å². The smallest absolute Gasteiger partial charge is 0.251 e. The van der Waals surface area contributed by atoms with Crippen LogP contribution in [-0.4, -0.2) is 67.6 Å². The first-order valence-electron chi connectivity index (χ1n) is 12.8. The Kier molecular flexibility index (Phi) is 6.99. The van der Waals surface area contributed by atoms with Crippen LogP contribution in [0.5, 0.6) is 5.75 Å². The first-order valence-corrected chi connectivity index (χ1v) is 12.8. The largest absolute Gasteiger partial charge is 0.497 e. The molecule has 3 aromatic carbocycles. The maximum absolute atomic E-state index is 13.0. The summed E-state index contributed by atoms with van der Waals surface area (Å²) in [6.07, 6.45) is 0.00721. The van der Waals surface area contributed by atoms with E-state index in [1.807, 2.05) is 18.2 Å². The highest BCUT2D eigenvalue weighted by atomic mass is 16.5. The summed E-state index contributed by atoms with van der Waals surface area (Å²) >= 11 is 0. The van der Waals surface area contributed by atoms with Crippen LogP contribution in [0.2, 0.25) is 0 Å². The molecule has 4 N–H and O–H groups in total. The Morgan fingerprint density at radius 3 is 2.65 bits per heavy atom. The Labute approximate surface area is 229 Å². The highest BCUT2D eigenvalue weighted by molar-refractivity contribution is 5.94. The van der Waals surface area contributed by atoms with Gasteiger partial charge in [-0.1, -0.05) is 42.5 Å². The van der Waals surface area contributed by atoms with E-state index < -0.39 is 37.0 Å². The molecule has 5 aromatic rings. The number of aliphatic hydroxyl groups is 2. The van der Waals surface area contributed by atoms with E-state index in [1.54, 1.807) is 35.9 Å². The van der Waals surface area contributed by atoms with Gasteiger partial charge < -0.3 is 30.3 Å². The maximum atomic E-state index is 13.0. The number of methoxy groups -OCH3 is 1. The van der Waals surface area contributed by atoms with E-state index in [2.05, 4.69) is 49.9 Å². The van der Waals surface area contributed by atoms with Gasteiger partial charge in [-0.2, -0.15) is 0 Å². The second kappa shape index (κ2) is 10.9. The van der Waals surface area contributed by atoms with Crippen molar-refractivity contribution in [2.45, 2.75) is 31.0 Å². The average Bonchev–Trinajstić information content (AvgIpc) is 3.56. The van der Waals surface area contributed by atoms with E-state index >= 15 is 0 Å². The van der Waals surface area contributed by atoms with Crippen molar-refractivity contribution in [3.05, 3.63) is 90.5 Å². The zero-order valence-electron chi connectivity index (χ0n) is 21.6. The number of hydrogen-bond donors (Lipinski definition) is 4. The number of hydrogen-bond acceptors (Lipinski definition) is 9. The predicted molar refractivity (Wildman–Crippen MR) is 148 cm³/mol. The lowest BCUT2D eigenvalue weighted by molar-refractivity contribution is -0.0440. The standard InChI is InChI=1S/C29H28N6O5/c1-39-20-11-9-18(10-12-20)28(38)34-23-25(37)22(14-36)40-29(23)35-16-33-24-26(31-15-32-27(24)35)30-13-19-7-4-6-17-5-2-3-8-21(17)19/h2-12,15-16,22-23,25,29,36-37H,13-14H2,1H3,(H,34,38)(H,30,31,32)/t22-,23-,25-,29-/m1/s1. The number of benzene rings is 3. The van der Waals surface area contributed by atoms with Crippen LogP contribution >= 0.6 is 0 Å². The Morgan fingerprint density at radius 2 is 1.85 bits per heavy atom. The molecular weight excluding hydrogens is 512 g/mol. The van der Waals surface area contributed by atoms with Gasteiger partial charge in [0.1, 0.15) is 30.3 Å². The summed E-state index contributed by atoms with van der Waals surface area (Å²) in [6, 6.07) is 20.1. The first kappa shape index (κ1) is 25.7. The molecule has 0 saturated carbocycles. The number of rotatable bonds is 8. The van der Waals surface area contributed by atoms with Gasteiger partial charge in [0.15, 0.2) is 23.2 Å². The minimum absolute atomic E-state index is 0.386. The van der Waals surface area contributed by atoms with Gasteiger partial charge in [0.05, 0.1) is 20.0 Å². The molecule has 1 saturated heterocycles. The molecule has 2 aromatic heterocycles. The number of fused-ring (bicyclic) bond motifs is 2. The summed E-state index contributed by atoms with van der Waals surface area (Å²) in [4.78, 5) is 26.4. The third-order valence-corrected chi connectivity index (χ3v) is 7.16. The van der Waals surface area contributed by atoms with Crippen LogP contribution in [0.15, 0.2) is 79.4 Å². The van der Waals surface area contributed by atoms with Gasteiger partial charge in [0.25, 0.3) is 5.91 Å². The summed E-state index contributed by atoms with van der Waals surface area (Å²) in [5.74, 6) is 0.747. The lowest BCUT2D eigenvalue weighted by atomic mass is 10.0. The third kappa shape index (κ3) is 4.70. The van der Waals surface area contributed by atoms with Crippen molar-refractivity contribution in [1.82, 2.24) is 24.8 Å². The van der Waals surface area contributed by atoms with E-state index in [9.17, 15) is 15.0 Å². The van der Waals surface area contributed by atoms with Crippen LogP contribution in [0.4, 0.5) is 5.82 Å². The second-order valence-electron chi connectivity index (χ2n) is 9.50. The number of imidazole rings is 1. The third-order valence-electron chi connectivity index (χ3n) is 7.16. The summed E-state index contributed by atoms with van der Waals surface area (Å²) < 4.78 is 12.8. The lowest BCUT2D eigenvalue weighted by Crippen LogP contribution is -2.46. The normalized spacial score (nSPS) is 20.6. The number of anilines is 1. The van der Waals surface area contributed by atoms with Crippen LogP contribution in [0.1, 0.15) is 22.1 Å². The number of aliphatic hydroxyl groups excluding tert-OH is 2. The van der Waals surface area contributed by atoms with E-state index in [4.69, 9.17) is 9.47 Å². The molecular formula is C29H28N6O5. The van der Waals surface area contributed by atoms with Crippen LogP contribution in [0.3, 0.4) is 0 Å². The molecule has 1 aliphatic rings. The molecule has 204 valence electrons. The summed E-state index contributed by atoms with van der Waals surface area (Å²) in [7, 11) is 1.55. The molecule has 1 aliphatic heterocycles. The van der Waals surface area contributed by atoms with E-state index in [1.165, 1.54) is 12.7 Å². The quantitative estimate of drug-likeness (QED) is 0.234. The van der Waals surface area contributed by atoms with Crippen molar-refractivity contribution in [2.75, 3.05) is 19.0 Å². The molecule has 40 heavy (non-hydrogen) atoms. The molecule has 11 heteroatoms. The lowest BCUT2D eigenvalue weighted by Gasteiger charge is -2.23. The minimum atomic E-state index is -1.17. The molecule has 0 unspecified atom stereocenters. The Morgan fingerprint density at radius 1 is 1.05 bits per heavy atom. The summed E-state index contributed by atoms with van der Waals surface area (Å²) in [5.41, 5.74) is 2.46. The number of amides is 1. The molecule has 1 fully saturated rings. The maximum Gasteiger partial charge on any atom is 0.251 e. The number of carbonyl (C=O) groups excluding carboxylic acids is 1. The van der Waals surface area contributed by atoms with Gasteiger partial charge in [-0.05, 0) is 40.6 Å². The van der Waals surface area contributed by atoms with Gasteiger partial charge in [0, 0.05) is 12.1 Å². The van der Waals surface area contributed by atoms with Gasteiger partial charge in [-0.3, -0.25) is 9.36 Å². The molecule has 6 rings (SSSR count). The van der Waals surface area contributed by atoms with Gasteiger partial charge >= 0.3 is 0 Å². The van der Waals surface area contributed by atoms with Crippen molar-refractivity contribution in [3.8, 4) is 5.75 Å². The van der Waals surface area contributed by atoms with Crippen molar-refractivity contribution >= 4 is 33.7 Å². The molecule has 0 bridgehead atoms. The summed E-state index contributed by atoms with van der Waals surface area (Å²) in [5, 5.41) is 29.3. The monoisotopic (exact) mass is 540 g/mol. The average molecular weight is 541 g/mol. The zero-order chi connectivity index (χ0) is 27.6. The Bertz CT molecular complexity index is 1650. The fourth-order valence-corrected chi connectivity index (χ4v) is 5.06. The molecule has 3 heterocycles. The second-order valence-corrected chi connectivity index (χ2v) is 9.50. The zero-order valence-corrected chi connectivity index (χ0v) is 21.6. The van der Waals surface area contributed by atoms with Crippen LogP contribution < -0.4 is 15.4 Å². The van der Waals surface area contributed by atoms with Gasteiger partial charge in [0.2, 0.25) is 0 Å². The number of ether oxygens (including phenoxy) is 2. The number of carbonyl (C=O) groups is 1. The van der Waals surface area contributed by atoms with E-state index in [0.29, 0.717) is 34.8 Å². The Balaban J connectivity index is 1.27. The fraction of sp³-hybridized carbons (Fsp3) is 0.241. The van der Waals surface area contributed by atoms with E-state index in [0.717, 1.165) is 16.3 Å². The SMILES string of the molecule is COc1ccc(C(=O)N[C@@H]2[C@H](O)[C@@H](CO)O[C@H]2n2cnc3c(NCc4cccc5ccccc45)ncnc32)cc1. The molecule has 0 aliphatic carbocycles. The molecule has 0 radical (unpaired) electrons. The minimum Gasteiger partial charge on any atom is -0.497 e. The van der Waals surface area contributed by atoms with Gasteiger partial charge in [-0.25, -0.2) is 15.0 Å². The van der Waals surface area contributed by atoms with Crippen LogP contribution in [0.25, 0.3) is 21.9 Å². The molecule has 11 nitrogen and oxygen atoms in total. The number of nitrogens with zero attached hydrogens (tertiary/aromatic N) is 4. The van der Waals surface area contributed by atoms with Crippen LogP contribution in [0, 0.1) is 0 Å². The van der Waals surface area contributed by atoms with E-state index in [-0.39, 0.29) is 0 Å². The van der Waals surface area contributed by atoms with Crippen molar-refractivity contribution in [2.24, 2.45) is 0 Å². The van der Waals surface area contributed by atoms with Crippen LogP contribution in [-0.2, 0) is 11.3 Å². The van der Waals surface area contributed by atoms with Gasteiger partial charge in [-0.15, -0.1) is 0 Å². The highest BCUT2D eigenvalue weighted by Gasteiger charge is 2.46. The predicted octanol–water partition coefficient (Wildman–Crippen LogP) is 2.65. The van der Waals surface area contributed by atoms with Crippen molar-refractivity contribution in [1.29, 1.82) is 0 Å². The van der Waals surface area contributed by atoms with Crippen molar-refractivity contribution < 1.29 is 24.5 Å². The number of aromatic nitrogens is 4. The fourth-order valence-electron chi connectivity index (χ4n) is 5.06. The highest BCUT2D eigenvalue weighted by Crippen LogP contribution is 2.33. The molecule has 1 amide bonds. The Hall–Kier alpha value is -4.58. The molecule has 0 spiro atoms. The number of nitrogens with one attached hydrogen (secondary N) is 2. The van der Waals surface area contributed by atoms with Crippen molar-refractivity contribution in [3.63, 3.8) is 0 Å².